The van der Waals surface area contributed by atoms with Crippen LogP contribution in [0.5, 0.6) is 5.75 Å². The predicted molar refractivity (Wildman–Crippen MR) is 130 cm³/mol. The molecule has 0 aliphatic rings. The Morgan fingerprint density at radius 2 is 1.46 bits per heavy atom. The third-order valence-electron chi connectivity index (χ3n) is 6.06. The molecule has 1 heterocycles. The summed E-state index contributed by atoms with van der Waals surface area (Å²) >= 11 is 3.36. The van der Waals surface area contributed by atoms with Crippen LogP contribution in [0.1, 0.15) is 16.8 Å². The fourth-order valence-electron chi connectivity index (χ4n) is 4.05. The minimum Gasteiger partial charge on any atom is -0.488 e. The van der Waals surface area contributed by atoms with E-state index in [9.17, 15) is 40.2 Å². The number of rotatable bonds is 6. The van der Waals surface area contributed by atoms with Crippen molar-refractivity contribution in [1.82, 2.24) is 4.57 Å². The Morgan fingerprint density at radius 3 is 2.05 bits per heavy atom. The maximum atomic E-state index is 14.1. The quantitative estimate of drug-likeness (QED) is 0.220. The van der Waals surface area contributed by atoms with Gasteiger partial charge in [-0.2, -0.15) is 26.3 Å². The number of ether oxygens (including phenoxy) is 1. The van der Waals surface area contributed by atoms with E-state index in [2.05, 4.69) is 15.9 Å². The Kier molecular flexibility index (Phi) is 7.56. The molecule has 206 valence electrons. The van der Waals surface area contributed by atoms with E-state index in [1.165, 1.54) is 6.07 Å². The molecule has 1 aromatic heterocycles. The fourth-order valence-corrected chi connectivity index (χ4v) is 4.41. The standard InChI is InChI=1S/C27H18BrF8NO2/c1-15-2-10-23(21-12-18(28)6-11-24(21)39-14-16-3-7-19(29)13-22(16)30)37(15)20-8-4-17(5-9-20)25(38,26(31,32)33)27(34,35)36/h2-13,38H,14H2,1H3. The van der Waals surface area contributed by atoms with Gasteiger partial charge >= 0.3 is 12.4 Å². The molecule has 0 saturated heterocycles. The highest BCUT2D eigenvalue weighted by atomic mass is 79.9. The van der Waals surface area contributed by atoms with Crippen LogP contribution < -0.4 is 4.74 Å². The molecule has 0 radical (unpaired) electrons. The minimum atomic E-state index is -6.01. The summed E-state index contributed by atoms with van der Waals surface area (Å²) in [5.41, 5.74) is -4.63. The molecule has 4 aromatic rings. The lowest BCUT2D eigenvalue weighted by Crippen LogP contribution is -2.53. The van der Waals surface area contributed by atoms with Crippen molar-refractivity contribution in [2.24, 2.45) is 0 Å². The Balaban J connectivity index is 1.74. The van der Waals surface area contributed by atoms with E-state index < -0.39 is 35.2 Å². The van der Waals surface area contributed by atoms with E-state index in [1.807, 2.05) is 0 Å². The lowest BCUT2D eigenvalue weighted by molar-refractivity contribution is -0.376. The molecular weight excluding hydrogens is 602 g/mol. The predicted octanol–water partition coefficient (Wildman–Crippen LogP) is 8.38. The maximum absolute atomic E-state index is 14.1. The van der Waals surface area contributed by atoms with Gasteiger partial charge in [0.1, 0.15) is 24.0 Å². The van der Waals surface area contributed by atoms with Gasteiger partial charge in [0, 0.05) is 38.6 Å². The lowest BCUT2D eigenvalue weighted by Gasteiger charge is -2.32. The zero-order chi connectivity index (χ0) is 28.8. The number of alkyl halides is 6. The van der Waals surface area contributed by atoms with Crippen LogP contribution in [0, 0.1) is 18.6 Å². The van der Waals surface area contributed by atoms with Crippen LogP contribution in [0.4, 0.5) is 35.1 Å². The molecule has 0 bridgehead atoms. The van der Waals surface area contributed by atoms with Gasteiger partial charge in [-0.15, -0.1) is 0 Å². The molecule has 12 heteroatoms. The van der Waals surface area contributed by atoms with Crippen LogP contribution in [0.25, 0.3) is 16.9 Å². The number of benzene rings is 3. The number of hydrogen-bond acceptors (Lipinski definition) is 2. The van der Waals surface area contributed by atoms with Gasteiger partial charge < -0.3 is 14.4 Å². The highest BCUT2D eigenvalue weighted by Crippen LogP contribution is 2.50. The van der Waals surface area contributed by atoms with Crippen molar-refractivity contribution in [3.8, 4) is 22.7 Å². The molecule has 0 unspecified atom stereocenters. The summed E-state index contributed by atoms with van der Waals surface area (Å²) in [7, 11) is 0. The van der Waals surface area contributed by atoms with Gasteiger partial charge in [0.2, 0.25) is 0 Å². The lowest BCUT2D eigenvalue weighted by atomic mass is 9.92. The molecule has 0 fully saturated rings. The van der Waals surface area contributed by atoms with Crippen molar-refractivity contribution in [2.75, 3.05) is 0 Å². The Bertz CT molecular complexity index is 1480. The van der Waals surface area contributed by atoms with Crippen molar-refractivity contribution >= 4 is 15.9 Å². The van der Waals surface area contributed by atoms with E-state index in [-0.39, 0.29) is 23.6 Å². The molecule has 1 N–H and O–H groups in total. The summed E-state index contributed by atoms with van der Waals surface area (Å²) in [6, 6.07) is 14.5. The number of nitrogens with zero attached hydrogens (tertiary/aromatic N) is 1. The second-order valence-corrected chi connectivity index (χ2v) is 9.53. The largest absolute Gasteiger partial charge is 0.488 e. The molecule has 0 atom stereocenters. The molecule has 3 aromatic carbocycles. The topological polar surface area (TPSA) is 34.4 Å². The summed E-state index contributed by atoms with van der Waals surface area (Å²) in [5.74, 6) is -1.27. The first-order chi connectivity index (χ1) is 18.1. The second kappa shape index (κ2) is 10.3. The first-order valence-electron chi connectivity index (χ1n) is 11.1. The molecule has 0 amide bonds. The van der Waals surface area contributed by atoms with Crippen molar-refractivity contribution in [3.63, 3.8) is 0 Å². The first kappa shape index (κ1) is 28.6. The van der Waals surface area contributed by atoms with Crippen LogP contribution in [-0.4, -0.2) is 22.0 Å². The molecule has 3 nitrogen and oxygen atoms in total. The summed E-state index contributed by atoms with van der Waals surface area (Å²) in [6.07, 6.45) is -12.0. The number of aryl methyl sites for hydroxylation is 1. The van der Waals surface area contributed by atoms with Gasteiger partial charge in [0.25, 0.3) is 5.60 Å². The SMILES string of the molecule is Cc1ccc(-c2cc(Br)ccc2OCc2ccc(F)cc2F)n1-c1ccc(C(O)(C(F)(F)F)C(F)(F)F)cc1. The number of hydrogen-bond donors (Lipinski definition) is 1. The van der Waals surface area contributed by atoms with Crippen molar-refractivity contribution < 1.29 is 45.0 Å². The van der Waals surface area contributed by atoms with Crippen molar-refractivity contribution in [3.05, 3.63) is 106 Å². The molecular formula is C27H18BrF8NO2. The van der Waals surface area contributed by atoms with Crippen LogP contribution in [0.2, 0.25) is 0 Å². The Labute approximate surface area is 225 Å². The smallest absolute Gasteiger partial charge is 0.430 e. The van der Waals surface area contributed by atoms with E-state index in [4.69, 9.17) is 4.74 Å². The van der Waals surface area contributed by atoms with Gasteiger partial charge in [-0.1, -0.05) is 28.1 Å². The minimum absolute atomic E-state index is 0.0919. The van der Waals surface area contributed by atoms with Crippen LogP contribution >= 0.6 is 15.9 Å². The number of aliphatic hydroxyl groups is 1. The number of aromatic nitrogens is 1. The van der Waals surface area contributed by atoms with Crippen LogP contribution in [0.3, 0.4) is 0 Å². The molecule has 0 spiro atoms. The summed E-state index contributed by atoms with van der Waals surface area (Å²) in [5, 5.41) is 9.69. The van der Waals surface area contributed by atoms with E-state index in [0.29, 0.717) is 33.6 Å². The van der Waals surface area contributed by atoms with Gasteiger partial charge in [-0.25, -0.2) is 8.78 Å². The van der Waals surface area contributed by atoms with Crippen molar-refractivity contribution in [1.29, 1.82) is 0 Å². The molecule has 0 saturated carbocycles. The van der Waals surface area contributed by atoms with Crippen LogP contribution in [0.15, 0.2) is 77.3 Å². The van der Waals surface area contributed by atoms with Crippen LogP contribution in [-0.2, 0) is 12.2 Å². The highest BCUT2D eigenvalue weighted by Gasteiger charge is 2.71. The average molecular weight is 620 g/mol. The highest BCUT2D eigenvalue weighted by molar-refractivity contribution is 9.10. The van der Waals surface area contributed by atoms with Gasteiger partial charge in [-0.3, -0.25) is 0 Å². The monoisotopic (exact) mass is 619 g/mol. The third kappa shape index (κ3) is 5.40. The van der Waals surface area contributed by atoms with Gasteiger partial charge in [0.05, 0.1) is 5.69 Å². The Morgan fingerprint density at radius 1 is 0.821 bits per heavy atom. The van der Waals surface area contributed by atoms with Crippen molar-refractivity contribution in [2.45, 2.75) is 31.5 Å². The zero-order valence-electron chi connectivity index (χ0n) is 19.8. The maximum Gasteiger partial charge on any atom is 0.430 e. The third-order valence-corrected chi connectivity index (χ3v) is 6.55. The van der Waals surface area contributed by atoms with E-state index in [1.54, 1.807) is 41.8 Å². The summed E-state index contributed by atoms with van der Waals surface area (Å²) in [4.78, 5) is 0. The molecule has 0 aliphatic heterocycles. The summed E-state index contributed by atoms with van der Waals surface area (Å²) < 4.78 is 115. The zero-order valence-corrected chi connectivity index (χ0v) is 21.4. The Hall–Kier alpha value is -3.38. The van der Waals surface area contributed by atoms with E-state index in [0.717, 1.165) is 24.3 Å². The molecule has 39 heavy (non-hydrogen) atoms. The molecule has 0 aliphatic carbocycles. The first-order valence-corrected chi connectivity index (χ1v) is 11.9. The number of halogens is 9. The van der Waals surface area contributed by atoms with E-state index >= 15 is 0 Å². The average Bonchev–Trinajstić information content (AvgIpc) is 3.23. The van der Waals surface area contributed by atoms with Gasteiger partial charge in [0.15, 0.2) is 0 Å². The summed E-state index contributed by atoms with van der Waals surface area (Å²) in [6.45, 7) is 1.42. The normalized spacial score (nSPS) is 12.6. The van der Waals surface area contributed by atoms with Gasteiger partial charge in [-0.05, 0) is 61.5 Å². The molecule has 4 rings (SSSR count). The fraction of sp³-hybridized carbons (Fsp3) is 0.185. The second-order valence-electron chi connectivity index (χ2n) is 8.61.